The van der Waals surface area contributed by atoms with Crippen LogP contribution in [-0.4, -0.2) is 25.2 Å². The molecule has 1 N–H and O–H groups in total. The normalized spacial score (nSPS) is 16.6. The number of fused-ring (bicyclic) bond motifs is 1. The van der Waals surface area contributed by atoms with E-state index in [4.69, 9.17) is 9.47 Å². The predicted octanol–water partition coefficient (Wildman–Crippen LogP) is 4.94. The minimum absolute atomic E-state index is 0.0343. The molecule has 2 heterocycles. The Kier molecular flexibility index (Phi) is 5.54. The van der Waals surface area contributed by atoms with E-state index in [1.807, 2.05) is 30.3 Å². The number of hydrogen-bond acceptors (Lipinski definition) is 4. The van der Waals surface area contributed by atoms with E-state index >= 15 is 0 Å². The molecule has 1 amide bonds. The number of benzene rings is 2. The number of carbonyl (C=O) groups excluding carboxylic acids is 1. The van der Waals surface area contributed by atoms with Crippen molar-refractivity contribution in [1.29, 1.82) is 0 Å². The molecule has 1 aliphatic heterocycles. The van der Waals surface area contributed by atoms with Crippen molar-refractivity contribution in [2.24, 2.45) is 0 Å². The molecule has 0 spiro atoms. The van der Waals surface area contributed by atoms with Gasteiger partial charge in [0.05, 0.1) is 23.1 Å². The highest BCUT2D eigenvalue weighted by molar-refractivity contribution is 7.19. The van der Waals surface area contributed by atoms with Gasteiger partial charge in [0.2, 0.25) is 0 Å². The highest BCUT2D eigenvalue weighted by Gasteiger charge is 2.27. The van der Waals surface area contributed by atoms with Crippen molar-refractivity contribution in [3.05, 3.63) is 64.5 Å². The zero-order valence-corrected chi connectivity index (χ0v) is 15.8. The van der Waals surface area contributed by atoms with Crippen molar-refractivity contribution < 1.29 is 23.0 Å². The summed E-state index contributed by atoms with van der Waals surface area (Å²) in [5.41, 5.74) is 1.03. The minimum Gasteiger partial charge on any atom is -0.489 e. The lowest BCUT2D eigenvalue weighted by Crippen LogP contribution is -2.35. The second kappa shape index (κ2) is 8.24. The van der Waals surface area contributed by atoms with E-state index in [-0.39, 0.29) is 16.5 Å². The number of halogens is 2. The Bertz CT molecular complexity index is 968. The van der Waals surface area contributed by atoms with Gasteiger partial charge in [-0.2, -0.15) is 0 Å². The molecule has 0 bridgehead atoms. The second-order valence-electron chi connectivity index (χ2n) is 6.61. The van der Waals surface area contributed by atoms with E-state index in [0.717, 1.165) is 16.9 Å². The van der Waals surface area contributed by atoms with Crippen LogP contribution in [0.4, 0.5) is 8.78 Å². The monoisotopic (exact) mass is 403 g/mol. The average molecular weight is 403 g/mol. The largest absolute Gasteiger partial charge is 0.489 e. The summed E-state index contributed by atoms with van der Waals surface area (Å²) in [6, 6.07) is 14.6. The fourth-order valence-electron chi connectivity index (χ4n) is 3.22. The van der Waals surface area contributed by atoms with Gasteiger partial charge in [-0.05, 0) is 30.2 Å². The van der Waals surface area contributed by atoms with Gasteiger partial charge in [-0.15, -0.1) is 11.3 Å². The molecule has 7 heteroatoms. The first-order valence-corrected chi connectivity index (χ1v) is 9.83. The molecule has 3 aromatic rings. The summed E-state index contributed by atoms with van der Waals surface area (Å²) in [7, 11) is 0. The molecule has 4 nitrogen and oxygen atoms in total. The lowest BCUT2D eigenvalue weighted by Gasteiger charge is -2.12. The zero-order chi connectivity index (χ0) is 19.5. The maximum Gasteiger partial charge on any atom is 0.273 e. The lowest BCUT2D eigenvalue weighted by atomic mass is 10.1. The Balaban J connectivity index is 1.63. The molecule has 146 valence electrons. The predicted molar refractivity (Wildman–Crippen MR) is 104 cm³/mol. The second-order valence-corrected chi connectivity index (χ2v) is 7.69. The van der Waals surface area contributed by atoms with Crippen molar-refractivity contribution in [2.75, 3.05) is 13.2 Å². The Labute approximate surface area is 165 Å². The molecule has 28 heavy (non-hydrogen) atoms. The van der Waals surface area contributed by atoms with Gasteiger partial charge in [0.1, 0.15) is 12.4 Å². The van der Waals surface area contributed by atoms with Gasteiger partial charge >= 0.3 is 0 Å². The number of ether oxygens (including phenoxy) is 2. The van der Waals surface area contributed by atoms with Crippen molar-refractivity contribution in [3.63, 3.8) is 0 Å². The van der Waals surface area contributed by atoms with E-state index in [1.165, 1.54) is 0 Å². The summed E-state index contributed by atoms with van der Waals surface area (Å²) in [6.07, 6.45) is -2.03. The van der Waals surface area contributed by atoms with Crippen LogP contribution in [0.2, 0.25) is 0 Å². The van der Waals surface area contributed by atoms with Gasteiger partial charge in [-0.3, -0.25) is 4.79 Å². The first-order chi connectivity index (χ1) is 13.6. The molecule has 0 aliphatic carbocycles. The topological polar surface area (TPSA) is 47.6 Å². The molecule has 0 saturated carbocycles. The van der Waals surface area contributed by atoms with Crippen LogP contribution < -0.4 is 10.1 Å². The molecular formula is C21H19F2NO3S. The first kappa shape index (κ1) is 18.8. The summed E-state index contributed by atoms with van der Waals surface area (Å²) in [5.74, 6) is 0.0467. The Morgan fingerprint density at radius 2 is 2.07 bits per heavy atom. The van der Waals surface area contributed by atoms with Gasteiger partial charge in [0, 0.05) is 16.7 Å². The van der Waals surface area contributed by atoms with Crippen LogP contribution in [0.15, 0.2) is 48.5 Å². The number of alkyl halides is 2. The van der Waals surface area contributed by atoms with Crippen molar-refractivity contribution in [3.8, 4) is 5.75 Å². The Morgan fingerprint density at radius 3 is 2.79 bits per heavy atom. The number of rotatable bonds is 6. The summed E-state index contributed by atoms with van der Waals surface area (Å²) in [5, 5.41) is 3.30. The standard InChI is InChI=1S/C21H19F2NO3S/c22-20(23)19-18(21(25)24-14-8-9-26-12-14)16-10-15(6-7-17(16)28-19)27-11-13-4-2-1-3-5-13/h1-7,10,14,20H,8-9,11-12H2,(H,24,25). The molecule has 2 aromatic carbocycles. The third kappa shape index (κ3) is 4.00. The Hall–Kier alpha value is -2.51. The van der Waals surface area contributed by atoms with E-state index in [0.29, 0.717) is 42.1 Å². The van der Waals surface area contributed by atoms with Crippen LogP contribution in [0, 0.1) is 0 Å². The molecular weight excluding hydrogens is 384 g/mol. The zero-order valence-electron chi connectivity index (χ0n) is 15.0. The number of carbonyl (C=O) groups is 1. The summed E-state index contributed by atoms with van der Waals surface area (Å²) in [4.78, 5) is 12.5. The van der Waals surface area contributed by atoms with Gasteiger partial charge in [0.25, 0.3) is 12.3 Å². The van der Waals surface area contributed by atoms with E-state index in [1.54, 1.807) is 18.2 Å². The van der Waals surface area contributed by atoms with Crippen molar-refractivity contribution in [2.45, 2.75) is 25.5 Å². The van der Waals surface area contributed by atoms with E-state index in [9.17, 15) is 13.6 Å². The quantitative estimate of drug-likeness (QED) is 0.634. The van der Waals surface area contributed by atoms with E-state index in [2.05, 4.69) is 5.32 Å². The summed E-state index contributed by atoms with van der Waals surface area (Å²) < 4.78 is 38.9. The van der Waals surface area contributed by atoms with Crippen LogP contribution in [-0.2, 0) is 11.3 Å². The highest BCUT2D eigenvalue weighted by atomic mass is 32.1. The molecule has 0 radical (unpaired) electrons. The smallest absolute Gasteiger partial charge is 0.273 e. The highest BCUT2D eigenvalue weighted by Crippen LogP contribution is 2.39. The molecule has 1 unspecified atom stereocenters. The fourth-order valence-corrected chi connectivity index (χ4v) is 4.26. The number of hydrogen-bond donors (Lipinski definition) is 1. The number of thiophene rings is 1. The van der Waals surface area contributed by atoms with Crippen LogP contribution in [0.5, 0.6) is 5.75 Å². The molecule has 4 rings (SSSR count). The average Bonchev–Trinajstić information content (AvgIpc) is 3.34. The SMILES string of the molecule is O=C(NC1CCOC1)c1c(C(F)F)sc2ccc(OCc3ccccc3)cc12. The van der Waals surface area contributed by atoms with Gasteiger partial charge in [-0.25, -0.2) is 8.78 Å². The maximum atomic E-state index is 13.6. The number of nitrogens with one attached hydrogen (secondary N) is 1. The van der Waals surface area contributed by atoms with Crippen LogP contribution in [0.25, 0.3) is 10.1 Å². The minimum atomic E-state index is -2.72. The lowest BCUT2D eigenvalue weighted by molar-refractivity contribution is 0.0921. The van der Waals surface area contributed by atoms with Gasteiger partial charge in [0.15, 0.2) is 0 Å². The van der Waals surface area contributed by atoms with Crippen LogP contribution in [0.1, 0.15) is 33.6 Å². The molecule has 1 atom stereocenters. The third-order valence-corrected chi connectivity index (χ3v) is 5.80. The van der Waals surface area contributed by atoms with E-state index < -0.39 is 12.3 Å². The first-order valence-electron chi connectivity index (χ1n) is 9.02. The van der Waals surface area contributed by atoms with Crippen LogP contribution >= 0.6 is 11.3 Å². The molecule has 1 aliphatic rings. The molecule has 1 fully saturated rings. The fraction of sp³-hybridized carbons (Fsp3) is 0.286. The van der Waals surface area contributed by atoms with Crippen molar-refractivity contribution in [1.82, 2.24) is 5.32 Å². The maximum absolute atomic E-state index is 13.6. The summed E-state index contributed by atoms with van der Waals surface area (Å²) in [6.45, 7) is 1.33. The third-order valence-electron chi connectivity index (χ3n) is 4.63. The van der Waals surface area contributed by atoms with Crippen molar-refractivity contribution >= 4 is 27.3 Å². The van der Waals surface area contributed by atoms with Crippen LogP contribution in [0.3, 0.4) is 0 Å². The summed E-state index contributed by atoms with van der Waals surface area (Å²) >= 11 is 0.944. The Morgan fingerprint density at radius 1 is 1.25 bits per heavy atom. The molecule has 1 saturated heterocycles. The molecule has 1 aromatic heterocycles. The van der Waals surface area contributed by atoms with Gasteiger partial charge in [-0.1, -0.05) is 30.3 Å². The van der Waals surface area contributed by atoms with Gasteiger partial charge < -0.3 is 14.8 Å². The number of amides is 1.